The largest absolute Gasteiger partial charge is 0.479 e. The Morgan fingerprint density at radius 1 is 0.494 bits per heavy atom. The molecule has 5 heterocycles. The van der Waals surface area contributed by atoms with E-state index in [1.165, 1.54) is 19.4 Å². The fraction of sp³-hybridized carbons (Fsp3) is 0.950. The van der Waals surface area contributed by atoms with Gasteiger partial charge in [-0.25, -0.2) is 4.79 Å². The topological polar surface area (TPSA) is 433 Å². The van der Waals surface area contributed by atoms with Gasteiger partial charge in [-0.3, -0.25) is 0 Å². The van der Waals surface area contributed by atoms with Crippen LogP contribution < -0.4 is 0 Å². The number of carboxylic acids is 1. The minimum absolute atomic E-state index is 0.0103. The van der Waals surface area contributed by atoms with E-state index in [0.717, 1.165) is 19.3 Å². The van der Waals surface area contributed by atoms with Crippen molar-refractivity contribution in [3.63, 3.8) is 0 Å². The van der Waals surface area contributed by atoms with Crippen LogP contribution in [0.15, 0.2) is 11.6 Å². The smallest absolute Gasteiger partial charge is 0.335 e. The molecule has 27 nitrogen and oxygen atoms in total. The Labute approximate surface area is 506 Å². The molecule has 5 aliphatic carbocycles. The summed E-state index contributed by atoms with van der Waals surface area (Å²) in [4.78, 5) is 12.7. The van der Waals surface area contributed by atoms with Crippen molar-refractivity contribution in [3.8, 4) is 0 Å². The van der Waals surface area contributed by atoms with Crippen LogP contribution in [0.4, 0.5) is 0 Å². The molecule has 5 saturated heterocycles. The molecule has 10 aliphatic rings. The molecule has 87 heavy (non-hydrogen) atoms. The van der Waals surface area contributed by atoms with Crippen LogP contribution in [0.3, 0.4) is 0 Å². The number of rotatable bonds is 14. The summed E-state index contributed by atoms with van der Waals surface area (Å²) in [6.45, 7) is 16.5. The van der Waals surface area contributed by atoms with Crippen LogP contribution in [-0.4, -0.2) is 273 Å². The third-order valence-corrected chi connectivity index (χ3v) is 23.7. The summed E-state index contributed by atoms with van der Waals surface area (Å²) in [6, 6.07) is 0. The normalized spacial score (nSPS) is 56.0. The summed E-state index contributed by atoms with van der Waals surface area (Å²) in [5.41, 5.74) is -1.60. The summed E-state index contributed by atoms with van der Waals surface area (Å²) in [5.74, 6) is -1.79. The Hall–Kier alpha value is -1.79. The van der Waals surface area contributed by atoms with Crippen molar-refractivity contribution in [3.05, 3.63) is 11.6 Å². The lowest BCUT2D eigenvalue weighted by Crippen LogP contribution is -2.68. The molecule has 0 aromatic rings. The molecular formula is C60H98O27. The second-order valence-electron chi connectivity index (χ2n) is 29.2. The van der Waals surface area contributed by atoms with Crippen LogP contribution in [0.2, 0.25) is 0 Å². The summed E-state index contributed by atoms with van der Waals surface area (Å²) in [7, 11) is 0. The monoisotopic (exact) mass is 1250 g/mol. The number of allylic oxidation sites excluding steroid dienone is 2. The molecule has 5 aliphatic heterocycles. The van der Waals surface area contributed by atoms with Gasteiger partial charge in [-0.15, -0.1) is 0 Å². The highest BCUT2D eigenvalue weighted by molar-refractivity contribution is 5.73. The fourth-order valence-corrected chi connectivity index (χ4v) is 18.0. The van der Waals surface area contributed by atoms with Crippen LogP contribution in [0.1, 0.15) is 120 Å². The van der Waals surface area contributed by atoms with Gasteiger partial charge in [-0.05, 0) is 111 Å². The van der Waals surface area contributed by atoms with Gasteiger partial charge < -0.3 is 129 Å². The molecule has 16 N–H and O–H groups in total. The van der Waals surface area contributed by atoms with Gasteiger partial charge in [0.05, 0.1) is 44.2 Å². The van der Waals surface area contributed by atoms with Gasteiger partial charge >= 0.3 is 5.97 Å². The van der Waals surface area contributed by atoms with Crippen LogP contribution in [-0.2, 0) is 52.2 Å². The summed E-state index contributed by atoms with van der Waals surface area (Å²) in [5, 5.41) is 174. The molecule has 27 heteroatoms. The Morgan fingerprint density at radius 3 is 1.48 bits per heavy atom. The highest BCUT2D eigenvalue weighted by Gasteiger charge is 2.71. The van der Waals surface area contributed by atoms with Crippen LogP contribution in [0.5, 0.6) is 0 Å². The van der Waals surface area contributed by atoms with Gasteiger partial charge in [0, 0.05) is 10.8 Å². The first kappa shape index (κ1) is 68.1. The highest BCUT2D eigenvalue weighted by atomic mass is 16.8. The van der Waals surface area contributed by atoms with E-state index in [2.05, 4.69) is 47.6 Å². The molecule has 500 valence electrons. The molecule has 0 amide bonds. The lowest BCUT2D eigenvalue weighted by molar-refractivity contribution is -0.396. The maximum absolute atomic E-state index is 12.7. The molecule has 0 spiro atoms. The average Bonchev–Trinajstić information content (AvgIpc) is 0.680. The number of aliphatic hydroxyl groups excluding tert-OH is 15. The number of carbonyl (C=O) groups is 1. The predicted octanol–water partition coefficient (Wildman–Crippen LogP) is -2.62. The van der Waals surface area contributed by atoms with Crippen LogP contribution in [0.25, 0.3) is 0 Å². The first-order valence-electron chi connectivity index (χ1n) is 31.1. The Kier molecular flexibility index (Phi) is 19.4. The van der Waals surface area contributed by atoms with Gasteiger partial charge in [0.15, 0.2) is 37.6 Å². The zero-order valence-electron chi connectivity index (χ0n) is 51.0. The van der Waals surface area contributed by atoms with Gasteiger partial charge in [0.1, 0.15) is 104 Å². The number of ether oxygens (including phenoxy) is 10. The first-order chi connectivity index (χ1) is 40.7. The van der Waals surface area contributed by atoms with E-state index in [0.29, 0.717) is 38.5 Å². The van der Waals surface area contributed by atoms with E-state index in [-0.39, 0.29) is 40.6 Å². The molecule has 9 fully saturated rings. The highest BCUT2D eigenvalue weighted by Crippen LogP contribution is 2.76. The van der Waals surface area contributed by atoms with E-state index in [1.54, 1.807) is 0 Å². The second-order valence-corrected chi connectivity index (χ2v) is 29.2. The number of aliphatic carboxylic acids is 1. The van der Waals surface area contributed by atoms with Crippen molar-refractivity contribution < 1.29 is 134 Å². The third-order valence-electron chi connectivity index (χ3n) is 23.7. The lowest BCUT2D eigenvalue weighted by atomic mass is 9.33. The minimum Gasteiger partial charge on any atom is -0.479 e. The quantitative estimate of drug-likeness (QED) is 0.0625. The molecule has 0 radical (unpaired) electrons. The SMILES string of the molecule is C[C@@H]1O[C@@H](O[C@H]2[C@H](O[C@H]3[C@H](O[C@H]4CC[C@@]5(C)C(CC[C@]6(C)C5CC=C5C7CC(C)(C)C[C@@H](O[C@@H]8O[C@H](CO)[C@@H](O)[C@H](O)[C@H]8O[C@@H]8O[C@@H](C)[C@H](O)[C@@H](O)[C@H]8O)[C@]7(C)CC[C@]56C)[C@]4(C)CO)O[C@H](C(=O)O)[C@@H](O)[C@@H]3O)O[C@H](CO)[C@H](O)[C@@H]2O)[C@H](O)[C@H](O)[C@H]1O. The van der Waals surface area contributed by atoms with Gasteiger partial charge in [-0.1, -0.05) is 60.1 Å². The van der Waals surface area contributed by atoms with E-state index < -0.39 is 201 Å². The van der Waals surface area contributed by atoms with Crippen molar-refractivity contribution in [1.29, 1.82) is 0 Å². The summed E-state index contributed by atoms with van der Waals surface area (Å²) in [6.07, 6.45) is -35.0. The zero-order chi connectivity index (χ0) is 63.7. The maximum Gasteiger partial charge on any atom is 0.335 e. The fourth-order valence-electron chi connectivity index (χ4n) is 18.0. The number of aliphatic hydroxyl groups is 15. The minimum atomic E-state index is -2.13. The first-order valence-corrected chi connectivity index (χ1v) is 31.1. The molecular weight excluding hydrogens is 1150 g/mol. The van der Waals surface area contributed by atoms with Crippen molar-refractivity contribution in [2.45, 2.75) is 286 Å². The van der Waals surface area contributed by atoms with Crippen molar-refractivity contribution >= 4 is 5.97 Å². The number of hydrogen-bond acceptors (Lipinski definition) is 26. The average molecular weight is 1250 g/mol. The molecule has 3 unspecified atom stereocenters. The predicted molar refractivity (Wildman–Crippen MR) is 294 cm³/mol. The second kappa shape index (κ2) is 24.8. The van der Waals surface area contributed by atoms with Crippen LogP contribution >= 0.6 is 0 Å². The van der Waals surface area contributed by atoms with Crippen LogP contribution in [0, 0.1) is 50.2 Å². The van der Waals surface area contributed by atoms with Gasteiger partial charge in [-0.2, -0.15) is 0 Å². The molecule has 4 saturated carbocycles. The third kappa shape index (κ3) is 11.3. The number of hydrogen-bond donors (Lipinski definition) is 16. The number of fused-ring (bicyclic) bond motifs is 7. The van der Waals surface area contributed by atoms with Crippen molar-refractivity contribution in [1.82, 2.24) is 0 Å². The lowest BCUT2D eigenvalue weighted by Gasteiger charge is -2.72. The van der Waals surface area contributed by atoms with Crippen molar-refractivity contribution in [2.24, 2.45) is 50.2 Å². The standard InChI is InChI=1S/C60H98O27/c1-23-33(64)37(68)43(74)50(78-23)85-46-39(70)35(66)27(20-61)80-52(46)83-32-19-55(3,4)18-26-25-10-11-30-57(6)14-13-31(58(7,22-63)29(57)12-15-60(30,9)59(25,8)17-16-56(26,32)5)82-54-48(42(73)41(72)45(84-54)49(76)77)87-53-47(40(71)36(67)28(21-62)81-53)86-51-44(75)38(69)34(65)24(2)79-51/h10,23-24,26-48,50-54,61-75H,11-22H2,1-9H3,(H,76,77)/t23-,24-,26?,27+,28+,29?,30?,31-,32+,33-,34-,35+,36-,37+,38+,39-,40-,41-,42-,43+,44+,45-,46+,47+,48+,50-,51-,52-,53-,54+,56+,57-,58-,59+,60+/m0/s1. The molecule has 0 bridgehead atoms. The van der Waals surface area contributed by atoms with E-state index in [1.807, 2.05) is 6.92 Å². The van der Waals surface area contributed by atoms with Gasteiger partial charge in [0.25, 0.3) is 0 Å². The maximum atomic E-state index is 12.7. The Balaban J connectivity index is 0.905. The van der Waals surface area contributed by atoms with E-state index in [4.69, 9.17) is 47.4 Å². The summed E-state index contributed by atoms with van der Waals surface area (Å²) >= 11 is 0. The van der Waals surface area contributed by atoms with E-state index >= 15 is 0 Å². The van der Waals surface area contributed by atoms with E-state index in [9.17, 15) is 86.5 Å². The Bertz CT molecular complexity index is 2440. The van der Waals surface area contributed by atoms with Gasteiger partial charge in [0.2, 0.25) is 0 Å². The molecule has 10 rings (SSSR count). The number of carboxylic acid groups (broad SMARTS) is 1. The van der Waals surface area contributed by atoms with Crippen molar-refractivity contribution in [2.75, 3.05) is 19.8 Å². The zero-order valence-corrected chi connectivity index (χ0v) is 51.0. The Morgan fingerprint density at radius 2 is 0.977 bits per heavy atom. The molecule has 35 atom stereocenters. The molecule has 0 aromatic carbocycles. The summed E-state index contributed by atoms with van der Waals surface area (Å²) < 4.78 is 61.6. The molecule has 0 aromatic heterocycles.